The molecule has 0 saturated heterocycles. The van der Waals surface area contributed by atoms with Crippen molar-refractivity contribution in [2.75, 3.05) is 13.7 Å². The molecule has 0 saturated carbocycles. The van der Waals surface area contributed by atoms with Crippen molar-refractivity contribution >= 4 is 0 Å². The van der Waals surface area contributed by atoms with Crippen LogP contribution >= 0.6 is 0 Å². The minimum absolute atomic E-state index is 0.185. The van der Waals surface area contributed by atoms with Crippen LogP contribution in [0.15, 0.2) is 18.2 Å². The molecule has 0 amide bonds. The third-order valence-electron chi connectivity index (χ3n) is 1.86. The Morgan fingerprint density at radius 2 is 2.08 bits per heavy atom. The molecule has 3 heteroatoms. The Bertz CT molecular complexity index is 271. The van der Waals surface area contributed by atoms with Crippen molar-refractivity contribution in [1.82, 2.24) is 0 Å². The fourth-order valence-corrected chi connectivity index (χ4v) is 1.18. The summed E-state index contributed by atoms with van der Waals surface area (Å²) in [6, 6.07) is 4.54. The minimum atomic E-state index is 0.185. The molecule has 0 radical (unpaired) electrons. The van der Waals surface area contributed by atoms with Gasteiger partial charge in [0.1, 0.15) is 11.5 Å². The average molecular weight is 182 g/mol. The summed E-state index contributed by atoms with van der Waals surface area (Å²) in [6.07, 6.45) is 1.56. The van der Waals surface area contributed by atoms with Crippen LogP contribution in [0.4, 0.5) is 0 Å². The maximum absolute atomic E-state index is 9.38. The van der Waals surface area contributed by atoms with E-state index in [2.05, 4.69) is 0 Å². The van der Waals surface area contributed by atoms with Crippen LogP contribution in [0.5, 0.6) is 11.5 Å². The lowest BCUT2D eigenvalue weighted by atomic mass is 10.1. The summed E-state index contributed by atoms with van der Waals surface area (Å²) in [5, 5.41) is 18.5. The third-order valence-corrected chi connectivity index (χ3v) is 1.86. The Hall–Kier alpha value is -1.22. The number of aryl methyl sites for hydroxylation is 1. The summed E-state index contributed by atoms with van der Waals surface area (Å²) in [5.74, 6) is 0.416. The van der Waals surface area contributed by atoms with Gasteiger partial charge in [-0.25, -0.2) is 0 Å². The van der Waals surface area contributed by atoms with Crippen molar-refractivity contribution in [3.8, 4) is 11.5 Å². The lowest BCUT2D eigenvalue weighted by molar-refractivity contribution is 0.195. The Kier molecular flexibility index (Phi) is 3.58. The number of phenols is 2. The lowest BCUT2D eigenvalue weighted by Gasteiger charge is -2.04. The molecule has 0 atom stereocenters. The van der Waals surface area contributed by atoms with Crippen LogP contribution in [0, 0.1) is 0 Å². The first kappa shape index (κ1) is 9.86. The highest BCUT2D eigenvalue weighted by molar-refractivity contribution is 5.38. The molecule has 1 aromatic rings. The zero-order valence-electron chi connectivity index (χ0n) is 7.66. The number of aromatic hydroxyl groups is 2. The Balaban J connectivity index is 2.59. The summed E-state index contributed by atoms with van der Waals surface area (Å²) in [7, 11) is 1.64. The van der Waals surface area contributed by atoms with E-state index in [1.165, 1.54) is 12.1 Å². The van der Waals surface area contributed by atoms with Crippen LogP contribution in [-0.2, 0) is 11.2 Å². The second-order valence-electron chi connectivity index (χ2n) is 2.91. The molecule has 13 heavy (non-hydrogen) atoms. The maximum Gasteiger partial charge on any atom is 0.119 e. The predicted octanol–water partition coefficient (Wildman–Crippen LogP) is 1.68. The van der Waals surface area contributed by atoms with Gasteiger partial charge in [0.2, 0.25) is 0 Å². The molecule has 0 aromatic heterocycles. The normalized spacial score (nSPS) is 10.2. The molecule has 1 rings (SSSR count). The highest BCUT2D eigenvalue weighted by Gasteiger charge is 2.01. The molecule has 0 aliphatic heterocycles. The quantitative estimate of drug-likeness (QED) is 0.550. The molecule has 0 aliphatic carbocycles. The van der Waals surface area contributed by atoms with Gasteiger partial charge in [0.15, 0.2) is 0 Å². The molecule has 0 heterocycles. The first-order valence-corrected chi connectivity index (χ1v) is 4.24. The summed E-state index contributed by atoms with van der Waals surface area (Å²) < 4.78 is 4.89. The summed E-state index contributed by atoms with van der Waals surface area (Å²) >= 11 is 0. The van der Waals surface area contributed by atoms with Crippen LogP contribution in [0.2, 0.25) is 0 Å². The van der Waals surface area contributed by atoms with E-state index in [-0.39, 0.29) is 11.5 Å². The molecule has 2 N–H and O–H groups in total. The Morgan fingerprint density at radius 1 is 1.31 bits per heavy atom. The molecule has 0 fully saturated rings. The Morgan fingerprint density at radius 3 is 2.77 bits per heavy atom. The zero-order valence-corrected chi connectivity index (χ0v) is 7.66. The van der Waals surface area contributed by atoms with E-state index in [0.29, 0.717) is 13.0 Å². The first-order valence-electron chi connectivity index (χ1n) is 4.24. The van der Waals surface area contributed by atoms with Gasteiger partial charge >= 0.3 is 0 Å². The van der Waals surface area contributed by atoms with Gasteiger partial charge in [0.25, 0.3) is 0 Å². The van der Waals surface area contributed by atoms with Gasteiger partial charge in [0, 0.05) is 13.7 Å². The van der Waals surface area contributed by atoms with Crippen LogP contribution in [-0.4, -0.2) is 23.9 Å². The zero-order chi connectivity index (χ0) is 9.68. The van der Waals surface area contributed by atoms with Gasteiger partial charge in [0.05, 0.1) is 0 Å². The van der Waals surface area contributed by atoms with Crippen molar-refractivity contribution in [2.45, 2.75) is 12.8 Å². The van der Waals surface area contributed by atoms with Gasteiger partial charge < -0.3 is 14.9 Å². The second-order valence-corrected chi connectivity index (χ2v) is 2.91. The van der Waals surface area contributed by atoms with Crippen molar-refractivity contribution in [2.24, 2.45) is 0 Å². The average Bonchev–Trinajstić information content (AvgIpc) is 2.11. The van der Waals surface area contributed by atoms with Gasteiger partial charge in [-0.15, -0.1) is 0 Å². The first-order chi connectivity index (χ1) is 6.24. The van der Waals surface area contributed by atoms with E-state index < -0.39 is 0 Å². The fraction of sp³-hybridized carbons (Fsp3) is 0.400. The smallest absolute Gasteiger partial charge is 0.119 e. The van der Waals surface area contributed by atoms with Crippen LogP contribution in [0.1, 0.15) is 12.0 Å². The molecule has 0 bridgehead atoms. The molecule has 3 nitrogen and oxygen atoms in total. The molecule has 0 unspecified atom stereocenters. The number of phenolic OH excluding ortho intramolecular Hbond substituents is 2. The van der Waals surface area contributed by atoms with Crippen molar-refractivity contribution in [3.05, 3.63) is 23.8 Å². The molecule has 0 aliphatic rings. The third kappa shape index (κ3) is 2.95. The number of rotatable bonds is 4. The topological polar surface area (TPSA) is 49.7 Å². The van der Waals surface area contributed by atoms with Gasteiger partial charge in [-0.2, -0.15) is 0 Å². The van der Waals surface area contributed by atoms with Crippen LogP contribution in [0.25, 0.3) is 0 Å². The molecule has 0 spiro atoms. The predicted molar refractivity (Wildman–Crippen MR) is 50.0 cm³/mol. The van der Waals surface area contributed by atoms with E-state index in [1.807, 2.05) is 0 Å². The molecule has 1 aromatic carbocycles. The molecular formula is C10H14O3. The fourth-order valence-electron chi connectivity index (χ4n) is 1.18. The number of ether oxygens (including phenoxy) is 1. The van der Waals surface area contributed by atoms with Gasteiger partial charge in [-0.1, -0.05) is 0 Å². The molecule has 72 valence electrons. The largest absolute Gasteiger partial charge is 0.508 e. The van der Waals surface area contributed by atoms with Crippen LogP contribution < -0.4 is 0 Å². The standard InChI is InChI=1S/C10H14O3/c1-13-6-2-3-8-7-9(11)4-5-10(8)12/h4-5,7,11-12H,2-3,6H2,1H3. The van der Waals surface area contributed by atoms with Crippen molar-refractivity contribution < 1.29 is 14.9 Å². The monoisotopic (exact) mass is 182 g/mol. The summed E-state index contributed by atoms with van der Waals surface area (Å²) in [6.45, 7) is 0.662. The number of hydrogen-bond donors (Lipinski definition) is 2. The molecular weight excluding hydrogens is 168 g/mol. The van der Waals surface area contributed by atoms with Crippen LogP contribution in [0.3, 0.4) is 0 Å². The van der Waals surface area contributed by atoms with E-state index in [1.54, 1.807) is 13.2 Å². The highest BCUT2D eigenvalue weighted by Crippen LogP contribution is 2.22. The Labute approximate surface area is 77.6 Å². The van der Waals surface area contributed by atoms with E-state index >= 15 is 0 Å². The summed E-state index contributed by atoms with van der Waals surface area (Å²) in [5.41, 5.74) is 0.761. The number of hydrogen-bond acceptors (Lipinski definition) is 3. The van der Waals surface area contributed by atoms with E-state index in [0.717, 1.165) is 12.0 Å². The highest BCUT2D eigenvalue weighted by atomic mass is 16.5. The summed E-state index contributed by atoms with van der Waals surface area (Å²) in [4.78, 5) is 0. The second kappa shape index (κ2) is 4.72. The number of methoxy groups -OCH3 is 1. The van der Waals surface area contributed by atoms with Crippen molar-refractivity contribution in [1.29, 1.82) is 0 Å². The van der Waals surface area contributed by atoms with Gasteiger partial charge in [-0.3, -0.25) is 0 Å². The SMILES string of the molecule is COCCCc1cc(O)ccc1O. The minimum Gasteiger partial charge on any atom is -0.508 e. The maximum atomic E-state index is 9.38. The van der Waals surface area contributed by atoms with Gasteiger partial charge in [-0.05, 0) is 36.6 Å². The number of benzene rings is 1. The lowest BCUT2D eigenvalue weighted by Crippen LogP contribution is -1.92. The van der Waals surface area contributed by atoms with E-state index in [4.69, 9.17) is 9.84 Å². The van der Waals surface area contributed by atoms with E-state index in [9.17, 15) is 5.11 Å². The van der Waals surface area contributed by atoms with Crippen molar-refractivity contribution in [3.63, 3.8) is 0 Å².